The Labute approximate surface area is 231 Å². The molecule has 0 saturated heterocycles. The van der Waals surface area contributed by atoms with Crippen LogP contribution in [0.2, 0.25) is 0 Å². The van der Waals surface area contributed by atoms with E-state index in [1.165, 1.54) is 31.5 Å². The molecule has 3 saturated carbocycles. The van der Waals surface area contributed by atoms with Gasteiger partial charge in [-0.15, -0.1) is 0 Å². The number of carbonyl (C=O) groups is 5. The van der Waals surface area contributed by atoms with Gasteiger partial charge in [-0.1, -0.05) is 19.3 Å². The maximum absolute atomic E-state index is 15.4. The molecule has 1 aromatic rings. The smallest absolute Gasteiger partial charge is 0.235 e. The van der Waals surface area contributed by atoms with E-state index in [9.17, 15) is 34.2 Å². The van der Waals surface area contributed by atoms with Crippen molar-refractivity contribution in [2.24, 2.45) is 35.3 Å². The number of hydrogen-bond donors (Lipinski definition) is 4. The number of nitrogens with zero attached hydrogens (tertiary/aromatic N) is 1. The molecule has 0 aromatic heterocycles. The molecule has 4 aliphatic rings. The lowest BCUT2D eigenvalue weighted by Crippen LogP contribution is -2.74. The molecule has 0 aliphatic heterocycles. The van der Waals surface area contributed by atoms with Gasteiger partial charge in [-0.3, -0.25) is 28.9 Å². The van der Waals surface area contributed by atoms with Gasteiger partial charge in [0.25, 0.3) is 0 Å². The molecular weight excluding hydrogens is 521 g/mol. The molecule has 0 bridgehead atoms. The largest absolute Gasteiger partial charge is 0.507 e. The van der Waals surface area contributed by atoms with Gasteiger partial charge in [-0.25, -0.2) is 4.39 Å². The van der Waals surface area contributed by atoms with E-state index in [1.54, 1.807) is 0 Å². The van der Waals surface area contributed by atoms with Crippen LogP contribution in [0.1, 0.15) is 60.0 Å². The van der Waals surface area contributed by atoms with Gasteiger partial charge in [-0.05, 0) is 64.2 Å². The van der Waals surface area contributed by atoms with Crippen molar-refractivity contribution >= 4 is 29.0 Å². The molecule has 2 unspecified atom stereocenters. The quantitative estimate of drug-likeness (QED) is 0.368. The highest BCUT2D eigenvalue weighted by atomic mass is 19.1. The van der Waals surface area contributed by atoms with Crippen LogP contribution in [0.25, 0.3) is 0 Å². The molecule has 0 radical (unpaired) electrons. The Morgan fingerprint density at radius 3 is 2.45 bits per heavy atom. The molecule has 4 aliphatic carbocycles. The first kappa shape index (κ1) is 28.5. The van der Waals surface area contributed by atoms with Crippen LogP contribution in [-0.2, 0) is 32.1 Å². The van der Waals surface area contributed by atoms with E-state index < -0.39 is 75.9 Å². The summed E-state index contributed by atoms with van der Waals surface area (Å²) in [4.78, 5) is 67.5. The van der Waals surface area contributed by atoms with Gasteiger partial charge >= 0.3 is 0 Å². The van der Waals surface area contributed by atoms with Crippen LogP contribution in [0.3, 0.4) is 0 Å². The van der Waals surface area contributed by atoms with Crippen molar-refractivity contribution in [1.29, 1.82) is 0 Å². The molecule has 6 atom stereocenters. The van der Waals surface area contributed by atoms with Crippen molar-refractivity contribution < 1.29 is 38.6 Å². The minimum atomic E-state index is -2.80. The number of amides is 1. The second kappa shape index (κ2) is 10.4. The van der Waals surface area contributed by atoms with Crippen molar-refractivity contribution in [2.45, 2.75) is 63.1 Å². The summed E-state index contributed by atoms with van der Waals surface area (Å²) in [5.74, 6) is -11.7. The van der Waals surface area contributed by atoms with Crippen LogP contribution >= 0.6 is 0 Å². The fourth-order valence-electron chi connectivity index (χ4n) is 7.62. The van der Waals surface area contributed by atoms with Gasteiger partial charge in [0, 0.05) is 23.6 Å². The number of phenolic OH excluding ortho intramolecular Hbond substituents is 1. The average molecular weight is 558 g/mol. The highest BCUT2D eigenvalue weighted by molar-refractivity contribution is 6.32. The summed E-state index contributed by atoms with van der Waals surface area (Å²) in [6.07, 6.45) is 5.52. The number of ketones is 4. The predicted octanol–water partition coefficient (Wildman–Crippen LogP) is 0.676. The van der Waals surface area contributed by atoms with Crippen molar-refractivity contribution in [3.05, 3.63) is 28.6 Å². The van der Waals surface area contributed by atoms with Crippen molar-refractivity contribution in [3.63, 3.8) is 0 Å². The van der Waals surface area contributed by atoms with Gasteiger partial charge in [0.05, 0.1) is 17.5 Å². The number of rotatable bonds is 6. The normalized spacial score (nSPS) is 32.6. The number of aromatic hydroxyl groups is 1. The minimum absolute atomic E-state index is 0.0251. The number of hydrogen-bond acceptors (Lipinski definition) is 9. The number of likely N-dealkylation sites (N-methyl/N-ethyl adjacent to an activating group) is 1. The molecule has 5 rings (SSSR count). The van der Waals surface area contributed by atoms with Gasteiger partial charge < -0.3 is 21.3 Å². The highest BCUT2D eigenvalue weighted by Crippen LogP contribution is 2.51. The molecule has 10 nitrogen and oxygen atoms in total. The van der Waals surface area contributed by atoms with Crippen LogP contribution < -0.4 is 11.1 Å². The summed E-state index contributed by atoms with van der Waals surface area (Å²) >= 11 is 0. The maximum Gasteiger partial charge on any atom is 0.235 e. The highest BCUT2D eigenvalue weighted by Gasteiger charge is 2.69. The lowest BCUT2D eigenvalue weighted by Gasteiger charge is -2.52. The summed E-state index contributed by atoms with van der Waals surface area (Å²) in [5.41, 5.74) is 2.37. The molecule has 3 fully saturated rings. The standard InChI is InChI=1S/C29H36FN3O7/c1-33(2)22-17-9-14-8-16-18(30)10-15(12-32-11-13-6-4-3-5-7-13)23(34)20(16)24(35)19(14)26(37)29(17,40)27(38)21(25(22)36)28(31)39/h10,13-14,17,19,21-22,32,34,40H,3-9,11-12H2,1-2H3,(H2,31,39)/t14-,17-,19?,21?,22-,29-/m0/s1. The SMILES string of the molecule is CN(C)[C@@H]1C(=O)C(C(N)=O)C(=O)[C@@]2(O)C(=O)C3C(=O)c4c(O)c(CNCC5CCCCC5)cc(F)c4C[C@H]3C[C@@H]12. The molecule has 5 N–H and O–H groups in total. The third-order valence-corrected chi connectivity index (χ3v) is 9.56. The second-order valence-electron chi connectivity index (χ2n) is 12.1. The molecule has 1 amide bonds. The van der Waals surface area contributed by atoms with E-state index in [4.69, 9.17) is 5.73 Å². The topological polar surface area (TPSA) is 167 Å². The summed E-state index contributed by atoms with van der Waals surface area (Å²) in [5, 5.41) is 25.9. The zero-order chi connectivity index (χ0) is 29.1. The number of fused-ring (bicyclic) bond motifs is 3. The first-order chi connectivity index (χ1) is 18.9. The summed E-state index contributed by atoms with van der Waals surface area (Å²) in [7, 11) is 3.02. The van der Waals surface area contributed by atoms with Gasteiger partial charge in [0.15, 0.2) is 34.7 Å². The van der Waals surface area contributed by atoms with E-state index in [0.717, 1.165) is 25.7 Å². The Morgan fingerprint density at radius 1 is 1.15 bits per heavy atom. The lowest BCUT2D eigenvalue weighted by molar-refractivity contribution is -0.181. The summed E-state index contributed by atoms with van der Waals surface area (Å²) in [6, 6.07) is 0.00199. The molecule has 1 aromatic carbocycles. The molecule has 0 heterocycles. The lowest BCUT2D eigenvalue weighted by atomic mass is 9.52. The molecule has 216 valence electrons. The van der Waals surface area contributed by atoms with Gasteiger partial charge in [-0.2, -0.15) is 0 Å². The fourth-order valence-corrected chi connectivity index (χ4v) is 7.62. The summed E-state index contributed by atoms with van der Waals surface area (Å²) < 4.78 is 15.4. The van der Waals surface area contributed by atoms with E-state index in [1.807, 2.05) is 0 Å². The Hall–Kier alpha value is -3.02. The van der Waals surface area contributed by atoms with Crippen molar-refractivity contribution in [2.75, 3.05) is 20.6 Å². The van der Waals surface area contributed by atoms with Crippen LogP contribution in [0.15, 0.2) is 6.07 Å². The number of phenols is 1. The molecule has 11 heteroatoms. The number of aliphatic hydroxyl groups is 1. The van der Waals surface area contributed by atoms with Crippen LogP contribution in [0.4, 0.5) is 4.39 Å². The average Bonchev–Trinajstić information content (AvgIpc) is 2.89. The predicted molar refractivity (Wildman–Crippen MR) is 140 cm³/mol. The molecular formula is C29H36FN3O7. The summed E-state index contributed by atoms with van der Waals surface area (Å²) in [6.45, 7) is 0.817. The third kappa shape index (κ3) is 4.29. The zero-order valence-corrected chi connectivity index (χ0v) is 22.7. The minimum Gasteiger partial charge on any atom is -0.507 e. The van der Waals surface area contributed by atoms with Crippen molar-refractivity contribution in [1.82, 2.24) is 10.2 Å². The Bertz CT molecular complexity index is 1290. The number of halogens is 1. The van der Waals surface area contributed by atoms with E-state index in [2.05, 4.69) is 5.32 Å². The maximum atomic E-state index is 15.4. The number of benzene rings is 1. The number of carbonyl (C=O) groups excluding carboxylic acids is 5. The van der Waals surface area contributed by atoms with Gasteiger partial charge in [0.2, 0.25) is 5.91 Å². The van der Waals surface area contributed by atoms with E-state index >= 15 is 4.39 Å². The number of Topliss-reactive ketones (excluding diaryl/α,β-unsaturated/α-hetero) is 4. The van der Waals surface area contributed by atoms with E-state index in [-0.39, 0.29) is 36.1 Å². The first-order valence-corrected chi connectivity index (χ1v) is 14.0. The molecule has 0 spiro atoms. The number of primary amides is 1. The monoisotopic (exact) mass is 557 g/mol. The third-order valence-electron chi connectivity index (χ3n) is 9.56. The number of nitrogens with one attached hydrogen (secondary N) is 1. The fraction of sp³-hybridized carbons (Fsp3) is 0.621. The number of nitrogens with two attached hydrogens (primary N) is 1. The Morgan fingerprint density at radius 2 is 1.82 bits per heavy atom. The van der Waals surface area contributed by atoms with Gasteiger partial charge in [0.1, 0.15) is 11.6 Å². The van der Waals surface area contributed by atoms with Crippen LogP contribution in [0.5, 0.6) is 5.75 Å². The van der Waals surface area contributed by atoms with E-state index in [0.29, 0.717) is 12.5 Å². The van der Waals surface area contributed by atoms with Crippen molar-refractivity contribution in [3.8, 4) is 5.75 Å². The Balaban J connectivity index is 1.48. The molecule has 40 heavy (non-hydrogen) atoms. The Kier molecular flexibility index (Phi) is 7.43. The first-order valence-electron chi connectivity index (χ1n) is 14.0. The second-order valence-corrected chi connectivity index (χ2v) is 12.1. The zero-order valence-electron chi connectivity index (χ0n) is 22.7. The van der Waals surface area contributed by atoms with Crippen LogP contribution in [0, 0.1) is 35.4 Å². The van der Waals surface area contributed by atoms with Crippen LogP contribution in [-0.4, -0.2) is 76.4 Å².